The van der Waals surface area contributed by atoms with Crippen LogP contribution in [0.5, 0.6) is 11.5 Å². The van der Waals surface area contributed by atoms with Crippen LogP contribution in [0, 0.1) is 0 Å². The van der Waals surface area contributed by atoms with Crippen LogP contribution in [0.25, 0.3) is 10.2 Å². The summed E-state index contributed by atoms with van der Waals surface area (Å²) in [6.07, 6.45) is 0.433. The highest BCUT2D eigenvalue weighted by Gasteiger charge is 2.11. The minimum Gasteiger partial charge on any atom is -0.493 e. The monoisotopic (exact) mass is 266 g/mol. The first-order chi connectivity index (χ1) is 8.67. The number of fused-ring (bicyclic) bond motifs is 1. The summed E-state index contributed by atoms with van der Waals surface area (Å²) in [5, 5.41) is 3.33. The number of thiazole rings is 1. The number of carbonyl (C=O) groups is 1. The van der Waals surface area contributed by atoms with E-state index in [1.807, 2.05) is 6.07 Å². The lowest BCUT2D eigenvalue weighted by atomic mass is 10.3. The molecule has 0 aliphatic carbocycles. The van der Waals surface area contributed by atoms with Crippen molar-refractivity contribution in [1.82, 2.24) is 4.98 Å². The molecule has 0 saturated heterocycles. The smallest absolute Gasteiger partial charge is 0.225 e. The molecule has 1 heterocycles. The van der Waals surface area contributed by atoms with Gasteiger partial charge in [-0.25, -0.2) is 4.98 Å². The second-order valence-electron chi connectivity index (χ2n) is 3.60. The van der Waals surface area contributed by atoms with Crippen molar-refractivity contribution in [3.8, 4) is 11.5 Å². The zero-order chi connectivity index (χ0) is 13.1. The summed E-state index contributed by atoms with van der Waals surface area (Å²) in [7, 11) is 3.17. The number of hydrogen-bond donors (Lipinski definition) is 1. The zero-order valence-electron chi connectivity index (χ0n) is 10.4. The number of benzene rings is 1. The highest BCUT2D eigenvalue weighted by atomic mass is 32.1. The van der Waals surface area contributed by atoms with Gasteiger partial charge in [0.05, 0.1) is 24.4 Å². The molecule has 0 unspecified atom stereocenters. The SMILES string of the molecule is CCC(=O)Nc1nc2cc(OC)c(OC)cc2s1. The van der Waals surface area contributed by atoms with Crippen molar-refractivity contribution >= 4 is 32.6 Å². The van der Waals surface area contributed by atoms with Crippen LogP contribution in [-0.4, -0.2) is 25.1 Å². The van der Waals surface area contributed by atoms with Gasteiger partial charge in [0, 0.05) is 18.6 Å². The molecule has 1 amide bonds. The van der Waals surface area contributed by atoms with Crippen molar-refractivity contribution in [3.63, 3.8) is 0 Å². The van der Waals surface area contributed by atoms with E-state index < -0.39 is 0 Å². The lowest BCUT2D eigenvalue weighted by molar-refractivity contribution is -0.115. The van der Waals surface area contributed by atoms with Crippen molar-refractivity contribution in [2.45, 2.75) is 13.3 Å². The molecule has 0 spiro atoms. The van der Waals surface area contributed by atoms with E-state index in [0.717, 1.165) is 10.2 Å². The summed E-state index contributed by atoms with van der Waals surface area (Å²) < 4.78 is 11.4. The summed E-state index contributed by atoms with van der Waals surface area (Å²) >= 11 is 1.41. The second kappa shape index (κ2) is 5.22. The van der Waals surface area contributed by atoms with E-state index in [1.165, 1.54) is 11.3 Å². The Morgan fingerprint density at radius 1 is 1.33 bits per heavy atom. The molecule has 0 saturated carbocycles. The minimum atomic E-state index is -0.0482. The number of ether oxygens (including phenoxy) is 2. The van der Waals surface area contributed by atoms with E-state index in [2.05, 4.69) is 10.3 Å². The summed E-state index contributed by atoms with van der Waals surface area (Å²) in [4.78, 5) is 15.6. The Morgan fingerprint density at radius 2 is 2.00 bits per heavy atom. The van der Waals surface area contributed by atoms with Gasteiger partial charge in [0.25, 0.3) is 0 Å². The molecule has 1 aromatic carbocycles. The van der Waals surface area contributed by atoms with Gasteiger partial charge in [0.15, 0.2) is 16.6 Å². The highest BCUT2D eigenvalue weighted by molar-refractivity contribution is 7.22. The normalized spacial score (nSPS) is 10.4. The molecule has 0 radical (unpaired) electrons. The van der Waals surface area contributed by atoms with E-state index in [1.54, 1.807) is 27.2 Å². The average molecular weight is 266 g/mol. The van der Waals surface area contributed by atoms with E-state index in [-0.39, 0.29) is 5.91 Å². The van der Waals surface area contributed by atoms with Gasteiger partial charge in [-0.3, -0.25) is 4.79 Å². The molecule has 1 N–H and O–H groups in total. The number of amides is 1. The number of rotatable bonds is 4. The third kappa shape index (κ3) is 2.38. The first kappa shape index (κ1) is 12.6. The number of methoxy groups -OCH3 is 2. The van der Waals surface area contributed by atoms with Gasteiger partial charge in [0.1, 0.15) is 0 Å². The molecule has 2 aromatic rings. The molecule has 1 aromatic heterocycles. The first-order valence-corrected chi connectivity index (χ1v) is 6.32. The maximum absolute atomic E-state index is 11.3. The quantitative estimate of drug-likeness (QED) is 0.924. The molecule has 18 heavy (non-hydrogen) atoms. The number of hydrogen-bond acceptors (Lipinski definition) is 5. The fourth-order valence-electron chi connectivity index (χ4n) is 1.52. The molecule has 0 fully saturated rings. The standard InChI is InChI=1S/C12H14N2O3S/c1-4-11(15)14-12-13-7-5-8(16-2)9(17-3)6-10(7)18-12/h5-6H,4H2,1-3H3,(H,13,14,15). The maximum atomic E-state index is 11.3. The number of nitrogens with one attached hydrogen (secondary N) is 1. The van der Waals surface area contributed by atoms with Crippen LogP contribution in [-0.2, 0) is 4.79 Å². The molecule has 5 nitrogen and oxygen atoms in total. The maximum Gasteiger partial charge on any atom is 0.225 e. The van der Waals surface area contributed by atoms with Crippen molar-refractivity contribution < 1.29 is 14.3 Å². The van der Waals surface area contributed by atoms with E-state index >= 15 is 0 Å². The van der Waals surface area contributed by atoms with Gasteiger partial charge >= 0.3 is 0 Å². The number of carbonyl (C=O) groups excluding carboxylic acids is 1. The Labute approximate surface area is 109 Å². The highest BCUT2D eigenvalue weighted by Crippen LogP contribution is 2.36. The largest absolute Gasteiger partial charge is 0.493 e. The van der Waals surface area contributed by atoms with E-state index in [0.29, 0.717) is 23.1 Å². The molecule has 6 heteroatoms. The average Bonchev–Trinajstić information content (AvgIpc) is 2.77. The van der Waals surface area contributed by atoms with Crippen molar-refractivity contribution in [1.29, 1.82) is 0 Å². The van der Waals surface area contributed by atoms with Crippen LogP contribution < -0.4 is 14.8 Å². The van der Waals surface area contributed by atoms with E-state index in [9.17, 15) is 4.79 Å². The van der Waals surface area contributed by atoms with Crippen LogP contribution in [0.3, 0.4) is 0 Å². The third-order valence-corrected chi connectivity index (χ3v) is 3.39. The van der Waals surface area contributed by atoms with Gasteiger partial charge in [0.2, 0.25) is 5.91 Å². The molecule has 2 rings (SSSR count). The van der Waals surface area contributed by atoms with Gasteiger partial charge in [-0.05, 0) is 0 Å². The predicted molar refractivity (Wildman–Crippen MR) is 71.6 cm³/mol. The first-order valence-electron chi connectivity index (χ1n) is 5.50. The second-order valence-corrected chi connectivity index (χ2v) is 4.63. The molecule has 96 valence electrons. The summed E-state index contributed by atoms with van der Waals surface area (Å²) in [6.45, 7) is 1.80. The third-order valence-electron chi connectivity index (χ3n) is 2.46. The lowest BCUT2D eigenvalue weighted by Crippen LogP contribution is -2.08. The minimum absolute atomic E-state index is 0.0482. The molecular weight excluding hydrogens is 252 g/mol. The number of aromatic nitrogens is 1. The Balaban J connectivity index is 2.41. The van der Waals surface area contributed by atoms with E-state index in [4.69, 9.17) is 9.47 Å². The molecule has 0 bridgehead atoms. The lowest BCUT2D eigenvalue weighted by Gasteiger charge is -2.05. The molecule has 0 aliphatic heterocycles. The topological polar surface area (TPSA) is 60.5 Å². The van der Waals surface area contributed by atoms with Crippen LogP contribution in [0.2, 0.25) is 0 Å². The van der Waals surface area contributed by atoms with Gasteiger partial charge in [-0.1, -0.05) is 18.3 Å². The fraction of sp³-hybridized carbons (Fsp3) is 0.333. The van der Waals surface area contributed by atoms with Gasteiger partial charge < -0.3 is 14.8 Å². The Kier molecular flexibility index (Phi) is 3.66. The summed E-state index contributed by atoms with van der Waals surface area (Å²) in [5.41, 5.74) is 0.782. The zero-order valence-corrected chi connectivity index (χ0v) is 11.3. The Morgan fingerprint density at radius 3 is 2.61 bits per heavy atom. The number of anilines is 1. The van der Waals surface area contributed by atoms with Crippen LogP contribution in [0.1, 0.15) is 13.3 Å². The van der Waals surface area contributed by atoms with Crippen LogP contribution in [0.15, 0.2) is 12.1 Å². The van der Waals surface area contributed by atoms with Crippen molar-refractivity contribution in [3.05, 3.63) is 12.1 Å². The number of nitrogens with zero attached hydrogens (tertiary/aromatic N) is 1. The van der Waals surface area contributed by atoms with Crippen molar-refractivity contribution in [2.75, 3.05) is 19.5 Å². The Bertz CT molecular complexity index is 539. The van der Waals surface area contributed by atoms with Crippen LogP contribution >= 0.6 is 11.3 Å². The Hall–Kier alpha value is -1.82. The molecule has 0 atom stereocenters. The predicted octanol–water partition coefficient (Wildman–Crippen LogP) is 2.66. The van der Waals surface area contributed by atoms with Crippen LogP contribution in [0.4, 0.5) is 5.13 Å². The van der Waals surface area contributed by atoms with Gasteiger partial charge in [-0.15, -0.1) is 0 Å². The summed E-state index contributed by atoms with van der Waals surface area (Å²) in [6, 6.07) is 3.65. The van der Waals surface area contributed by atoms with Crippen molar-refractivity contribution in [2.24, 2.45) is 0 Å². The van der Waals surface area contributed by atoms with Gasteiger partial charge in [-0.2, -0.15) is 0 Å². The molecule has 0 aliphatic rings. The fourth-order valence-corrected chi connectivity index (χ4v) is 2.41. The molecular formula is C12H14N2O3S. The summed E-state index contributed by atoms with van der Waals surface area (Å²) in [5.74, 6) is 1.23.